The van der Waals surface area contributed by atoms with Gasteiger partial charge in [0.2, 0.25) is 0 Å². The number of hydrogen-bond acceptors (Lipinski definition) is 3. The van der Waals surface area contributed by atoms with Crippen molar-refractivity contribution in [3.63, 3.8) is 0 Å². The Bertz CT molecular complexity index is 312. The van der Waals surface area contributed by atoms with E-state index >= 15 is 0 Å². The van der Waals surface area contributed by atoms with Gasteiger partial charge in [0, 0.05) is 5.69 Å². The molecule has 0 amide bonds. The molecule has 0 saturated carbocycles. The molecule has 0 bridgehead atoms. The number of nitrogen functional groups attached to an aromatic ring is 1. The zero-order valence-electron chi connectivity index (χ0n) is 8.31. The van der Waals surface area contributed by atoms with Gasteiger partial charge < -0.3 is 16.3 Å². The topological polar surface area (TPSA) is 69.1 Å². The van der Waals surface area contributed by atoms with E-state index in [9.17, 15) is 4.79 Å². The Morgan fingerprint density at radius 2 is 2.07 bits per heavy atom. The number of para-hydroxylation sites is 1. The highest BCUT2D eigenvalue weighted by Crippen LogP contribution is 2.24. The summed E-state index contributed by atoms with van der Waals surface area (Å²) in [5.41, 5.74) is 13.2. The van der Waals surface area contributed by atoms with E-state index < -0.39 is 6.04 Å². The Labute approximate surface area is 84.1 Å². The monoisotopic (exact) mass is 192 g/mol. The first-order valence-corrected chi connectivity index (χ1v) is 4.70. The van der Waals surface area contributed by atoms with Crippen LogP contribution in [0, 0.1) is 0 Å². The number of nitrogens with two attached hydrogens (primary N) is 2. The van der Waals surface area contributed by atoms with Gasteiger partial charge in [-0.05, 0) is 24.0 Å². The van der Waals surface area contributed by atoms with Gasteiger partial charge in [-0.15, -0.1) is 0 Å². The van der Waals surface area contributed by atoms with Crippen molar-refractivity contribution in [2.24, 2.45) is 5.73 Å². The molecule has 0 heterocycles. The van der Waals surface area contributed by atoms with Crippen LogP contribution >= 0.6 is 0 Å². The molecule has 1 unspecified atom stereocenters. The van der Waals surface area contributed by atoms with Crippen LogP contribution in [0.15, 0.2) is 24.3 Å². The zero-order valence-corrected chi connectivity index (χ0v) is 8.31. The Morgan fingerprint density at radius 1 is 1.43 bits per heavy atom. The summed E-state index contributed by atoms with van der Waals surface area (Å²) in [6.07, 6.45) is 1.41. The van der Waals surface area contributed by atoms with Crippen molar-refractivity contribution in [1.82, 2.24) is 0 Å². The Hall–Kier alpha value is -1.35. The molecule has 0 radical (unpaired) electrons. The molecule has 0 spiro atoms. The van der Waals surface area contributed by atoms with Crippen molar-refractivity contribution in [2.75, 3.05) is 5.73 Å². The van der Waals surface area contributed by atoms with Gasteiger partial charge in [-0.3, -0.25) is 0 Å². The maximum absolute atomic E-state index is 10.4. The van der Waals surface area contributed by atoms with Gasteiger partial charge in [0.05, 0.1) is 6.04 Å². The molecule has 14 heavy (non-hydrogen) atoms. The van der Waals surface area contributed by atoms with E-state index in [0.29, 0.717) is 6.42 Å². The highest BCUT2D eigenvalue weighted by molar-refractivity contribution is 5.57. The number of aldehydes is 1. The summed E-state index contributed by atoms with van der Waals surface area (Å²) < 4.78 is 0. The van der Waals surface area contributed by atoms with E-state index in [1.165, 1.54) is 0 Å². The maximum atomic E-state index is 10.4. The third-order valence-electron chi connectivity index (χ3n) is 2.33. The molecular weight excluding hydrogens is 176 g/mol. The smallest absolute Gasteiger partial charge is 0.136 e. The van der Waals surface area contributed by atoms with Gasteiger partial charge >= 0.3 is 0 Å². The van der Waals surface area contributed by atoms with Gasteiger partial charge in [0.1, 0.15) is 6.29 Å². The number of hydrogen-bond donors (Lipinski definition) is 2. The highest BCUT2D eigenvalue weighted by atomic mass is 16.1. The van der Waals surface area contributed by atoms with Crippen LogP contribution in [0.3, 0.4) is 0 Å². The fourth-order valence-corrected chi connectivity index (χ4v) is 1.55. The Kier molecular flexibility index (Phi) is 3.65. The summed E-state index contributed by atoms with van der Waals surface area (Å²) >= 11 is 0. The molecule has 3 nitrogen and oxygen atoms in total. The molecule has 2 atom stereocenters. The van der Waals surface area contributed by atoms with Crippen molar-refractivity contribution in [1.29, 1.82) is 0 Å². The second kappa shape index (κ2) is 4.77. The van der Waals surface area contributed by atoms with Crippen molar-refractivity contribution in [3.05, 3.63) is 29.8 Å². The van der Waals surface area contributed by atoms with E-state index in [2.05, 4.69) is 0 Å². The molecule has 0 fully saturated rings. The number of carbonyl (C=O) groups excluding carboxylic acids is 1. The molecule has 0 saturated heterocycles. The molecule has 0 aliphatic heterocycles. The first-order valence-electron chi connectivity index (χ1n) is 4.70. The van der Waals surface area contributed by atoms with Crippen LogP contribution in [0.2, 0.25) is 0 Å². The summed E-state index contributed by atoms with van der Waals surface area (Å²) in [7, 11) is 0. The van der Waals surface area contributed by atoms with Crippen LogP contribution in [0.5, 0.6) is 0 Å². The zero-order chi connectivity index (χ0) is 10.6. The van der Waals surface area contributed by atoms with E-state index in [1.807, 2.05) is 31.2 Å². The number of carbonyl (C=O) groups is 1. The van der Waals surface area contributed by atoms with Gasteiger partial charge in [0.25, 0.3) is 0 Å². The van der Waals surface area contributed by atoms with E-state index in [4.69, 9.17) is 11.5 Å². The van der Waals surface area contributed by atoms with E-state index in [1.54, 1.807) is 0 Å². The first kappa shape index (κ1) is 10.7. The van der Waals surface area contributed by atoms with E-state index in [-0.39, 0.29) is 5.92 Å². The van der Waals surface area contributed by atoms with Gasteiger partial charge in [-0.25, -0.2) is 0 Å². The van der Waals surface area contributed by atoms with Crippen molar-refractivity contribution in [3.8, 4) is 0 Å². The minimum absolute atomic E-state index is 0.219. The van der Waals surface area contributed by atoms with Crippen LogP contribution in [0.25, 0.3) is 0 Å². The Morgan fingerprint density at radius 3 is 2.64 bits per heavy atom. The quantitative estimate of drug-likeness (QED) is 0.558. The van der Waals surface area contributed by atoms with Crippen LogP contribution in [-0.4, -0.2) is 12.3 Å². The van der Waals surface area contributed by atoms with Crippen LogP contribution in [-0.2, 0) is 4.79 Å². The van der Waals surface area contributed by atoms with Crippen molar-refractivity contribution in [2.45, 2.75) is 25.3 Å². The number of benzene rings is 1. The summed E-state index contributed by atoms with van der Waals surface area (Å²) in [4.78, 5) is 10.4. The summed E-state index contributed by atoms with van der Waals surface area (Å²) in [6.45, 7) is 2.02. The normalized spacial score (nSPS) is 14.7. The highest BCUT2D eigenvalue weighted by Gasteiger charge is 2.12. The Balaban J connectivity index is 2.74. The second-order valence-corrected chi connectivity index (χ2v) is 3.57. The lowest BCUT2D eigenvalue weighted by Gasteiger charge is -2.15. The lowest BCUT2D eigenvalue weighted by molar-refractivity contribution is -0.109. The van der Waals surface area contributed by atoms with Crippen molar-refractivity contribution >= 4 is 12.0 Å². The van der Waals surface area contributed by atoms with Gasteiger partial charge in [0.15, 0.2) is 0 Å². The molecule has 1 rings (SSSR count). The lowest BCUT2D eigenvalue weighted by Crippen LogP contribution is -2.23. The summed E-state index contributed by atoms with van der Waals surface area (Å²) in [6, 6.07) is 7.26. The second-order valence-electron chi connectivity index (χ2n) is 3.57. The molecule has 0 aromatic heterocycles. The molecule has 3 heteroatoms. The van der Waals surface area contributed by atoms with Crippen LogP contribution in [0.1, 0.15) is 24.8 Å². The van der Waals surface area contributed by atoms with E-state index in [0.717, 1.165) is 17.5 Å². The van der Waals surface area contributed by atoms with Crippen molar-refractivity contribution < 1.29 is 4.79 Å². The first-order chi connectivity index (χ1) is 6.65. The van der Waals surface area contributed by atoms with Gasteiger partial charge in [-0.2, -0.15) is 0 Å². The molecule has 4 N–H and O–H groups in total. The molecular formula is C11H16N2O. The minimum Gasteiger partial charge on any atom is -0.398 e. The average molecular weight is 192 g/mol. The molecule has 0 aliphatic rings. The predicted molar refractivity (Wildman–Crippen MR) is 57.9 cm³/mol. The van der Waals surface area contributed by atoms with Crippen LogP contribution < -0.4 is 11.5 Å². The molecule has 1 aromatic carbocycles. The molecule has 76 valence electrons. The van der Waals surface area contributed by atoms with Gasteiger partial charge in [-0.1, -0.05) is 25.1 Å². The SMILES string of the molecule is CC(C[C@H](N)C=O)c1ccccc1N. The third-order valence-corrected chi connectivity index (χ3v) is 2.33. The maximum Gasteiger partial charge on any atom is 0.136 e. The lowest BCUT2D eigenvalue weighted by atomic mass is 9.93. The number of rotatable bonds is 4. The summed E-state index contributed by atoms with van der Waals surface area (Å²) in [5.74, 6) is 0.219. The molecule has 0 aliphatic carbocycles. The average Bonchev–Trinajstić information content (AvgIpc) is 2.18. The third kappa shape index (κ3) is 2.57. The van der Waals surface area contributed by atoms with Crippen LogP contribution in [0.4, 0.5) is 5.69 Å². The predicted octanol–water partition coefficient (Wildman–Crippen LogP) is 1.29. The fourth-order valence-electron chi connectivity index (χ4n) is 1.55. The summed E-state index contributed by atoms with van der Waals surface area (Å²) in [5, 5.41) is 0. The fraction of sp³-hybridized carbons (Fsp3) is 0.364. The molecule has 1 aromatic rings. The minimum atomic E-state index is -0.399. The largest absolute Gasteiger partial charge is 0.398 e. The number of anilines is 1. The standard InChI is InChI=1S/C11H16N2O/c1-8(6-9(12)7-14)10-4-2-3-5-11(10)13/h2-5,7-9H,6,12-13H2,1H3/t8?,9-/m0/s1.